The fourth-order valence-electron chi connectivity index (χ4n) is 5.63. The van der Waals surface area contributed by atoms with Crippen molar-refractivity contribution in [1.29, 1.82) is 0 Å². The molecule has 0 saturated carbocycles. The molecule has 32 heavy (non-hydrogen) atoms. The van der Waals surface area contributed by atoms with Crippen LogP contribution in [0.3, 0.4) is 0 Å². The summed E-state index contributed by atoms with van der Waals surface area (Å²) in [6.07, 6.45) is 5.12. The number of carbonyl (C=O) groups is 2. The third kappa shape index (κ3) is 2.90. The van der Waals surface area contributed by atoms with Gasteiger partial charge in [-0.15, -0.1) is 0 Å². The average Bonchev–Trinajstić information content (AvgIpc) is 3.41. The van der Waals surface area contributed by atoms with Gasteiger partial charge in [0.2, 0.25) is 0 Å². The van der Waals surface area contributed by atoms with Gasteiger partial charge in [-0.1, -0.05) is 24.3 Å². The molecular weight excluding hydrogens is 400 g/mol. The number of likely N-dealkylation sites (tertiary alicyclic amines) is 1. The monoisotopic (exact) mass is 426 g/mol. The number of benzene rings is 2. The van der Waals surface area contributed by atoms with E-state index in [1.807, 2.05) is 12.1 Å². The van der Waals surface area contributed by atoms with E-state index in [4.69, 9.17) is 0 Å². The molecule has 1 N–H and O–H groups in total. The molecule has 1 atom stereocenters. The molecule has 3 aliphatic rings. The van der Waals surface area contributed by atoms with Crippen molar-refractivity contribution < 1.29 is 9.59 Å². The number of amides is 2. The lowest BCUT2D eigenvalue weighted by molar-refractivity contribution is 0.0642. The molecule has 3 aliphatic heterocycles. The number of nitrogens with zero attached hydrogens (tertiary/aromatic N) is 3. The summed E-state index contributed by atoms with van der Waals surface area (Å²) >= 11 is 0. The van der Waals surface area contributed by atoms with Gasteiger partial charge in [0.15, 0.2) is 0 Å². The summed E-state index contributed by atoms with van der Waals surface area (Å²) in [6, 6.07) is 19.9. The van der Waals surface area contributed by atoms with Crippen molar-refractivity contribution in [2.24, 2.45) is 0 Å². The SMILES string of the molecule is O=C1c2ccccc2C(=O)N1CCCN1CCCC2(C1)Nc1ccccc1-n1cccc12. The number of anilines is 1. The van der Waals surface area contributed by atoms with E-state index in [0.29, 0.717) is 17.7 Å². The molecule has 1 saturated heterocycles. The van der Waals surface area contributed by atoms with Crippen LogP contribution >= 0.6 is 0 Å². The highest BCUT2D eigenvalue weighted by molar-refractivity contribution is 6.21. The van der Waals surface area contributed by atoms with Crippen molar-refractivity contribution in [2.45, 2.75) is 24.8 Å². The maximum Gasteiger partial charge on any atom is 0.261 e. The van der Waals surface area contributed by atoms with E-state index in [2.05, 4.69) is 57.4 Å². The van der Waals surface area contributed by atoms with E-state index >= 15 is 0 Å². The van der Waals surface area contributed by atoms with E-state index in [1.54, 1.807) is 12.1 Å². The summed E-state index contributed by atoms with van der Waals surface area (Å²) < 4.78 is 2.31. The fourth-order valence-corrected chi connectivity index (χ4v) is 5.63. The molecule has 162 valence electrons. The Morgan fingerprint density at radius 3 is 2.44 bits per heavy atom. The van der Waals surface area contributed by atoms with E-state index in [9.17, 15) is 9.59 Å². The van der Waals surface area contributed by atoms with Gasteiger partial charge < -0.3 is 14.8 Å². The van der Waals surface area contributed by atoms with Crippen LogP contribution in [-0.4, -0.2) is 52.4 Å². The Hall–Kier alpha value is -3.38. The van der Waals surface area contributed by atoms with Crippen molar-refractivity contribution >= 4 is 17.5 Å². The Morgan fingerprint density at radius 1 is 0.875 bits per heavy atom. The second kappa shape index (κ2) is 7.35. The predicted molar refractivity (Wildman–Crippen MR) is 123 cm³/mol. The Morgan fingerprint density at radius 2 is 1.62 bits per heavy atom. The molecule has 0 bridgehead atoms. The molecule has 1 aromatic heterocycles. The third-order valence-corrected chi connectivity index (χ3v) is 7.08. The zero-order chi connectivity index (χ0) is 21.7. The summed E-state index contributed by atoms with van der Waals surface area (Å²) in [4.78, 5) is 29.1. The van der Waals surface area contributed by atoms with Gasteiger partial charge in [-0.05, 0) is 68.8 Å². The summed E-state index contributed by atoms with van der Waals surface area (Å²) in [5, 5.41) is 3.86. The Kier molecular flexibility index (Phi) is 4.43. The summed E-state index contributed by atoms with van der Waals surface area (Å²) in [7, 11) is 0. The average molecular weight is 427 g/mol. The van der Waals surface area contributed by atoms with Gasteiger partial charge >= 0.3 is 0 Å². The van der Waals surface area contributed by atoms with Crippen LogP contribution in [0.15, 0.2) is 66.9 Å². The minimum Gasteiger partial charge on any atom is -0.371 e. The maximum atomic E-state index is 12.6. The van der Waals surface area contributed by atoms with E-state index in [0.717, 1.165) is 38.9 Å². The molecule has 4 heterocycles. The number of hydrogen-bond acceptors (Lipinski definition) is 4. The summed E-state index contributed by atoms with van der Waals surface area (Å²) in [6.45, 7) is 3.27. The molecular formula is C26H26N4O2. The van der Waals surface area contributed by atoms with Crippen LogP contribution in [0.25, 0.3) is 5.69 Å². The molecule has 0 radical (unpaired) electrons. The topological polar surface area (TPSA) is 57.6 Å². The smallest absolute Gasteiger partial charge is 0.261 e. The number of carbonyl (C=O) groups excluding carboxylic acids is 2. The van der Waals surface area contributed by atoms with Crippen LogP contribution < -0.4 is 5.32 Å². The minimum atomic E-state index is -0.163. The van der Waals surface area contributed by atoms with Gasteiger partial charge in [-0.2, -0.15) is 0 Å². The maximum absolute atomic E-state index is 12.6. The lowest BCUT2D eigenvalue weighted by atomic mass is 9.83. The minimum absolute atomic E-state index is 0.119. The number of nitrogens with one attached hydrogen (secondary N) is 1. The summed E-state index contributed by atoms with van der Waals surface area (Å²) in [5.41, 5.74) is 4.61. The molecule has 6 heteroatoms. The van der Waals surface area contributed by atoms with Gasteiger partial charge in [0, 0.05) is 25.0 Å². The number of aromatic nitrogens is 1. The highest BCUT2D eigenvalue weighted by atomic mass is 16.2. The third-order valence-electron chi connectivity index (χ3n) is 7.08. The molecule has 2 aromatic carbocycles. The lowest BCUT2D eigenvalue weighted by Crippen LogP contribution is -2.53. The van der Waals surface area contributed by atoms with Crippen LogP contribution in [-0.2, 0) is 5.54 Å². The molecule has 1 fully saturated rings. The van der Waals surface area contributed by atoms with Crippen LogP contribution in [0.5, 0.6) is 0 Å². The van der Waals surface area contributed by atoms with Crippen molar-refractivity contribution in [1.82, 2.24) is 14.4 Å². The molecule has 1 spiro atoms. The lowest BCUT2D eigenvalue weighted by Gasteiger charge is -2.47. The summed E-state index contributed by atoms with van der Waals surface area (Å²) in [5.74, 6) is -0.326. The number of rotatable bonds is 4. The fraction of sp³-hybridized carbons (Fsp3) is 0.308. The Labute approximate surface area is 187 Å². The van der Waals surface area contributed by atoms with E-state index < -0.39 is 0 Å². The predicted octanol–water partition coefficient (Wildman–Crippen LogP) is 3.88. The standard InChI is InChI=1S/C26H26N4O2/c31-24-19-8-1-2-9-20(19)25(32)30(24)17-7-15-28-14-6-13-26(18-28)23-12-5-16-29(23)22-11-4-3-10-21(22)27-26/h1-5,8-12,16,27H,6-7,13-15,17-18H2. The van der Waals surface area contributed by atoms with Crippen LogP contribution in [0.2, 0.25) is 0 Å². The molecule has 0 aliphatic carbocycles. The highest BCUT2D eigenvalue weighted by Crippen LogP contribution is 2.42. The normalized spacial score (nSPS) is 21.9. The van der Waals surface area contributed by atoms with Crippen LogP contribution in [0, 0.1) is 0 Å². The first-order chi connectivity index (χ1) is 15.7. The number of imide groups is 1. The van der Waals surface area contributed by atoms with Gasteiger partial charge in [0.05, 0.1) is 28.0 Å². The van der Waals surface area contributed by atoms with Crippen molar-refractivity contribution in [3.63, 3.8) is 0 Å². The van der Waals surface area contributed by atoms with E-state index in [-0.39, 0.29) is 17.4 Å². The first-order valence-corrected chi connectivity index (χ1v) is 11.4. The molecule has 6 nitrogen and oxygen atoms in total. The highest BCUT2D eigenvalue weighted by Gasteiger charge is 2.42. The molecule has 2 amide bonds. The van der Waals surface area contributed by atoms with Crippen LogP contribution in [0.4, 0.5) is 5.69 Å². The zero-order valence-corrected chi connectivity index (χ0v) is 18.0. The second-order valence-electron chi connectivity index (χ2n) is 9.03. The number of para-hydroxylation sites is 2. The second-order valence-corrected chi connectivity index (χ2v) is 9.03. The first-order valence-electron chi connectivity index (χ1n) is 11.4. The van der Waals surface area contributed by atoms with Crippen molar-refractivity contribution in [2.75, 3.05) is 31.5 Å². The molecule has 1 unspecified atom stereocenters. The van der Waals surface area contributed by atoms with Crippen molar-refractivity contribution in [3.8, 4) is 5.69 Å². The Bertz CT molecular complexity index is 1180. The first kappa shape index (κ1) is 19.3. The number of hydrogen-bond donors (Lipinski definition) is 1. The molecule has 3 aromatic rings. The Balaban J connectivity index is 1.16. The van der Waals surface area contributed by atoms with Gasteiger partial charge in [0.1, 0.15) is 0 Å². The zero-order valence-electron chi connectivity index (χ0n) is 18.0. The largest absolute Gasteiger partial charge is 0.371 e. The van der Waals surface area contributed by atoms with Gasteiger partial charge in [-0.3, -0.25) is 14.5 Å². The number of fused-ring (bicyclic) bond motifs is 5. The van der Waals surface area contributed by atoms with E-state index in [1.165, 1.54) is 22.0 Å². The van der Waals surface area contributed by atoms with Crippen molar-refractivity contribution in [3.05, 3.63) is 83.7 Å². The number of piperidine rings is 1. The van der Waals surface area contributed by atoms with Gasteiger partial charge in [-0.25, -0.2) is 0 Å². The van der Waals surface area contributed by atoms with Crippen LogP contribution in [0.1, 0.15) is 45.7 Å². The van der Waals surface area contributed by atoms with Gasteiger partial charge in [0.25, 0.3) is 11.8 Å². The quantitative estimate of drug-likeness (QED) is 0.644. The molecule has 6 rings (SSSR count).